The second-order valence-corrected chi connectivity index (χ2v) is 5.37. The minimum Gasteiger partial charge on any atom is -0.326 e. The van der Waals surface area contributed by atoms with Crippen LogP contribution in [0.1, 0.15) is 17.9 Å². The maximum Gasteiger partial charge on any atom is 0.239 e. The first kappa shape index (κ1) is 10.3. The van der Waals surface area contributed by atoms with Crippen molar-refractivity contribution in [3.8, 4) is 0 Å². The van der Waals surface area contributed by atoms with Gasteiger partial charge in [0.1, 0.15) is 10.6 Å². The highest BCUT2D eigenvalue weighted by molar-refractivity contribution is 7.87. The first-order chi connectivity index (χ1) is 7.13. The molecule has 2 heterocycles. The highest BCUT2D eigenvalue weighted by Crippen LogP contribution is 2.32. The average Bonchev–Trinajstić information content (AvgIpc) is 2.45. The van der Waals surface area contributed by atoms with Gasteiger partial charge in [0.05, 0.1) is 10.8 Å². The molecule has 1 saturated heterocycles. The van der Waals surface area contributed by atoms with Crippen molar-refractivity contribution in [2.45, 2.75) is 17.5 Å². The van der Waals surface area contributed by atoms with Crippen molar-refractivity contribution in [2.75, 3.05) is 7.05 Å². The highest BCUT2D eigenvalue weighted by Gasteiger charge is 2.42. The lowest BCUT2D eigenvalue weighted by atomic mass is 10.2. The summed E-state index contributed by atoms with van der Waals surface area (Å²) in [6, 6.07) is 3.63. The molecule has 1 amide bonds. The van der Waals surface area contributed by atoms with E-state index >= 15 is 0 Å². The van der Waals surface area contributed by atoms with Crippen molar-refractivity contribution >= 4 is 16.7 Å². The molecule has 3 atom stereocenters. The Labute approximate surface area is 90.8 Å². The Morgan fingerprint density at radius 3 is 2.73 bits per heavy atom. The Morgan fingerprint density at radius 1 is 1.53 bits per heavy atom. The zero-order valence-corrected chi connectivity index (χ0v) is 9.40. The largest absolute Gasteiger partial charge is 0.326 e. The van der Waals surface area contributed by atoms with Crippen LogP contribution in [0.3, 0.4) is 0 Å². The van der Waals surface area contributed by atoms with Crippen LogP contribution in [0.15, 0.2) is 24.5 Å². The summed E-state index contributed by atoms with van der Waals surface area (Å²) in [6.07, 6.45) is 3.32. The molecule has 80 valence electrons. The van der Waals surface area contributed by atoms with Gasteiger partial charge in [-0.25, -0.2) is 0 Å². The summed E-state index contributed by atoms with van der Waals surface area (Å²) in [5, 5.41) is -0.763. The normalized spacial score (nSPS) is 30.9. The summed E-state index contributed by atoms with van der Waals surface area (Å²) in [7, 11) is 0.502. The van der Waals surface area contributed by atoms with Crippen molar-refractivity contribution in [1.82, 2.24) is 9.88 Å². The van der Waals surface area contributed by atoms with Crippen LogP contribution in [-0.2, 0) is 15.6 Å². The van der Waals surface area contributed by atoms with E-state index in [2.05, 4.69) is 4.98 Å². The molecule has 3 unspecified atom stereocenters. The van der Waals surface area contributed by atoms with Crippen molar-refractivity contribution < 1.29 is 9.00 Å². The number of rotatable bonds is 1. The first-order valence-corrected chi connectivity index (χ1v) is 5.96. The zero-order valence-electron chi connectivity index (χ0n) is 8.58. The number of hydrogen-bond donors (Lipinski definition) is 0. The molecular formula is C10H12N2O2S. The topological polar surface area (TPSA) is 50.3 Å². The Balaban J connectivity index is 2.39. The number of amides is 1. The molecule has 0 saturated carbocycles. The van der Waals surface area contributed by atoms with Crippen LogP contribution in [-0.4, -0.2) is 32.3 Å². The number of nitrogens with zero attached hydrogens (tertiary/aromatic N) is 2. The standard InChI is InChI=1S/C10H12N2O2S/c1-7-9(13)12(2)10(15(7)14)8-4-3-5-11-6-8/h3-7,10H,1-2H3. The molecule has 0 aromatic carbocycles. The van der Waals surface area contributed by atoms with Gasteiger partial charge in [-0.2, -0.15) is 0 Å². The van der Waals surface area contributed by atoms with Gasteiger partial charge >= 0.3 is 0 Å². The van der Waals surface area contributed by atoms with Gasteiger partial charge in [-0.3, -0.25) is 14.0 Å². The molecular weight excluding hydrogens is 212 g/mol. The van der Waals surface area contributed by atoms with Crippen LogP contribution in [0, 0.1) is 0 Å². The van der Waals surface area contributed by atoms with Crippen LogP contribution >= 0.6 is 0 Å². The van der Waals surface area contributed by atoms with Crippen LogP contribution in [0.2, 0.25) is 0 Å². The van der Waals surface area contributed by atoms with Crippen molar-refractivity contribution in [1.29, 1.82) is 0 Å². The van der Waals surface area contributed by atoms with E-state index in [1.54, 1.807) is 32.4 Å². The summed E-state index contributed by atoms with van der Waals surface area (Å²) in [6.45, 7) is 1.70. The van der Waals surface area contributed by atoms with E-state index in [-0.39, 0.29) is 11.3 Å². The monoisotopic (exact) mass is 224 g/mol. The predicted octanol–water partition coefficient (Wildman–Crippen LogP) is 0.689. The van der Waals surface area contributed by atoms with Gasteiger partial charge in [0.2, 0.25) is 5.91 Å². The number of aromatic nitrogens is 1. The molecule has 0 aliphatic carbocycles. The maximum atomic E-state index is 11.9. The van der Waals surface area contributed by atoms with E-state index in [0.29, 0.717) is 0 Å². The summed E-state index contributed by atoms with van der Waals surface area (Å²) in [5.41, 5.74) is 0.830. The van der Waals surface area contributed by atoms with Gasteiger partial charge in [-0.05, 0) is 13.0 Å². The minimum absolute atomic E-state index is 0.0674. The van der Waals surface area contributed by atoms with Crippen LogP contribution < -0.4 is 0 Å². The molecule has 0 radical (unpaired) electrons. The summed E-state index contributed by atoms with van der Waals surface area (Å²) in [5.74, 6) is -0.0674. The Hall–Kier alpha value is -1.23. The third kappa shape index (κ3) is 1.56. The summed E-state index contributed by atoms with van der Waals surface area (Å²) < 4.78 is 11.9. The molecule has 0 spiro atoms. The van der Waals surface area contributed by atoms with E-state index in [1.807, 2.05) is 6.07 Å². The number of hydrogen-bond acceptors (Lipinski definition) is 3. The fraction of sp³-hybridized carbons (Fsp3) is 0.400. The zero-order chi connectivity index (χ0) is 11.0. The lowest BCUT2D eigenvalue weighted by molar-refractivity contribution is -0.128. The lowest BCUT2D eigenvalue weighted by Crippen LogP contribution is -2.25. The Kier molecular flexibility index (Phi) is 2.56. The smallest absolute Gasteiger partial charge is 0.239 e. The lowest BCUT2D eigenvalue weighted by Gasteiger charge is -2.17. The number of pyridine rings is 1. The summed E-state index contributed by atoms with van der Waals surface area (Å²) >= 11 is 0. The van der Waals surface area contributed by atoms with Crippen molar-refractivity contribution in [3.05, 3.63) is 30.1 Å². The molecule has 1 aromatic rings. The van der Waals surface area contributed by atoms with Crippen molar-refractivity contribution in [2.24, 2.45) is 0 Å². The molecule has 1 fully saturated rings. The number of carbonyl (C=O) groups excluding carboxylic acids is 1. The van der Waals surface area contributed by atoms with Gasteiger partial charge in [-0.15, -0.1) is 0 Å². The summed E-state index contributed by atoms with van der Waals surface area (Å²) in [4.78, 5) is 17.1. The van der Waals surface area contributed by atoms with Crippen LogP contribution in [0.4, 0.5) is 0 Å². The number of carbonyl (C=O) groups is 1. The molecule has 1 aliphatic rings. The van der Waals surface area contributed by atoms with Gasteiger partial charge in [0.15, 0.2) is 0 Å². The quantitative estimate of drug-likeness (QED) is 0.705. The Morgan fingerprint density at radius 2 is 2.27 bits per heavy atom. The average molecular weight is 224 g/mol. The molecule has 2 rings (SSSR count). The third-order valence-corrected chi connectivity index (χ3v) is 4.51. The predicted molar refractivity (Wildman–Crippen MR) is 57.4 cm³/mol. The molecule has 5 heteroatoms. The van der Waals surface area contributed by atoms with Crippen LogP contribution in [0.5, 0.6) is 0 Å². The van der Waals surface area contributed by atoms with E-state index in [1.165, 1.54) is 4.90 Å². The van der Waals surface area contributed by atoms with Crippen molar-refractivity contribution in [3.63, 3.8) is 0 Å². The fourth-order valence-electron chi connectivity index (χ4n) is 1.73. The second-order valence-electron chi connectivity index (χ2n) is 3.56. The molecule has 4 nitrogen and oxygen atoms in total. The SMILES string of the molecule is CC1C(=O)N(C)C(c2cccnc2)S1=O. The third-order valence-electron chi connectivity index (χ3n) is 2.59. The van der Waals surface area contributed by atoms with Gasteiger partial charge in [-0.1, -0.05) is 6.07 Å². The van der Waals surface area contributed by atoms with E-state index in [9.17, 15) is 9.00 Å². The van der Waals surface area contributed by atoms with Gasteiger partial charge < -0.3 is 4.90 Å². The van der Waals surface area contributed by atoms with E-state index in [4.69, 9.17) is 0 Å². The first-order valence-electron chi connectivity index (χ1n) is 4.69. The van der Waals surface area contributed by atoms with E-state index in [0.717, 1.165) is 5.56 Å². The molecule has 0 bridgehead atoms. The van der Waals surface area contributed by atoms with Gasteiger partial charge in [0.25, 0.3) is 0 Å². The van der Waals surface area contributed by atoms with Crippen LogP contribution in [0.25, 0.3) is 0 Å². The molecule has 1 aromatic heterocycles. The van der Waals surface area contributed by atoms with Gasteiger partial charge in [0, 0.05) is 25.0 Å². The second kappa shape index (κ2) is 3.73. The molecule has 1 aliphatic heterocycles. The molecule has 0 N–H and O–H groups in total. The Bertz CT molecular complexity index is 407. The minimum atomic E-state index is -1.18. The van der Waals surface area contributed by atoms with E-state index < -0.39 is 16.0 Å². The molecule has 15 heavy (non-hydrogen) atoms. The highest BCUT2D eigenvalue weighted by atomic mass is 32.2. The maximum absolute atomic E-state index is 11.9. The fourth-order valence-corrected chi connectivity index (χ4v) is 3.31.